The van der Waals surface area contributed by atoms with Gasteiger partial charge in [-0.3, -0.25) is 4.90 Å². The van der Waals surface area contributed by atoms with Crippen molar-refractivity contribution in [3.63, 3.8) is 0 Å². The number of rotatable bonds is 4. The normalized spacial score (nSPS) is 17.7. The van der Waals surface area contributed by atoms with Crippen LogP contribution in [0.5, 0.6) is 0 Å². The molecule has 1 aliphatic heterocycles. The van der Waals surface area contributed by atoms with Crippen LogP contribution >= 0.6 is 0 Å². The highest BCUT2D eigenvalue weighted by Crippen LogP contribution is 2.33. The smallest absolute Gasteiger partial charge is 0.123 e. The standard InChI is InChI=1S/C23H25FN2/c1-2-18-6-8-19(9-7-18)17-26-16-4-15-25-14-3-5-22(25)23(26)20-10-12-21(24)13-11-20/h3,5-14,23H,2,4,15-17H2,1H3. The molecule has 0 radical (unpaired) electrons. The molecule has 1 aliphatic rings. The van der Waals surface area contributed by atoms with E-state index in [0.717, 1.165) is 38.0 Å². The van der Waals surface area contributed by atoms with Crippen molar-refractivity contribution in [3.8, 4) is 0 Å². The van der Waals surface area contributed by atoms with Crippen LogP contribution in [-0.4, -0.2) is 16.0 Å². The molecular formula is C23H25FN2. The summed E-state index contributed by atoms with van der Waals surface area (Å²) in [4.78, 5) is 2.52. The summed E-state index contributed by atoms with van der Waals surface area (Å²) in [7, 11) is 0. The zero-order valence-corrected chi connectivity index (χ0v) is 15.2. The predicted octanol–water partition coefficient (Wildman–Crippen LogP) is 5.18. The molecule has 4 rings (SSSR count). The van der Waals surface area contributed by atoms with Crippen molar-refractivity contribution in [2.75, 3.05) is 6.54 Å². The molecule has 2 heterocycles. The maximum atomic E-state index is 13.5. The fourth-order valence-electron chi connectivity index (χ4n) is 3.95. The lowest BCUT2D eigenvalue weighted by Gasteiger charge is -2.30. The number of benzene rings is 2. The van der Waals surface area contributed by atoms with Crippen molar-refractivity contribution >= 4 is 0 Å². The molecule has 0 bridgehead atoms. The third-order valence-corrected chi connectivity index (χ3v) is 5.36. The first-order valence-electron chi connectivity index (χ1n) is 9.47. The summed E-state index contributed by atoms with van der Waals surface area (Å²) in [5.74, 6) is -0.181. The minimum Gasteiger partial charge on any atom is -0.350 e. The van der Waals surface area contributed by atoms with Crippen molar-refractivity contribution in [3.05, 3.63) is 95.1 Å². The zero-order valence-electron chi connectivity index (χ0n) is 15.2. The molecular weight excluding hydrogens is 323 g/mol. The minimum atomic E-state index is -0.181. The number of hydrogen-bond donors (Lipinski definition) is 0. The minimum absolute atomic E-state index is 0.152. The number of nitrogens with zero attached hydrogens (tertiary/aromatic N) is 2. The Labute approximate surface area is 154 Å². The van der Waals surface area contributed by atoms with Gasteiger partial charge in [0, 0.05) is 31.5 Å². The summed E-state index contributed by atoms with van der Waals surface area (Å²) >= 11 is 0. The Morgan fingerprint density at radius 3 is 2.38 bits per heavy atom. The summed E-state index contributed by atoms with van der Waals surface area (Å²) in [6, 6.07) is 20.4. The van der Waals surface area contributed by atoms with Crippen LogP contribution in [0.25, 0.3) is 0 Å². The van der Waals surface area contributed by atoms with Crippen LogP contribution in [0.3, 0.4) is 0 Å². The third kappa shape index (κ3) is 3.45. The molecule has 0 N–H and O–H groups in total. The Balaban J connectivity index is 1.69. The molecule has 0 aliphatic carbocycles. The van der Waals surface area contributed by atoms with Gasteiger partial charge in [-0.1, -0.05) is 43.3 Å². The lowest BCUT2D eigenvalue weighted by molar-refractivity contribution is 0.220. The fraction of sp³-hybridized carbons (Fsp3) is 0.304. The Bertz CT molecular complexity index is 849. The lowest BCUT2D eigenvalue weighted by Crippen LogP contribution is -2.29. The first kappa shape index (κ1) is 17.0. The molecule has 0 saturated carbocycles. The number of hydrogen-bond acceptors (Lipinski definition) is 1. The Hall–Kier alpha value is -2.39. The third-order valence-electron chi connectivity index (χ3n) is 5.36. The van der Waals surface area contributed by atoms with Gasteiger partial charge in [-0.15, -0.1) is 0 Å². The van der Waals surface area contributed by atoms with Crippen LogP contribution in [-0.2, 0) is 19.5 Å². The van der Waals surface area contributed by atoms with Gasteiger partial charge in [-0.2, -0.15) is 0 Å². The van der Waals surface area contributed by atoms with Crippen LogP contribution in [0.15, 0.2) is 66.9 Å². The molecule has 0 saturated heterocycles. The van der Waals surface area contributed by atoms with Crippen LogP contribution in [0.2, 0.25) is 0 Å². The highest BCUT2D eigenvalue weighted by Gasteiger charge is 2.27. The molecule has 2 nitrogen and oxygen atoms in total. The van der Waals surface area contributed by atoms with Gasteiger partial charge < -0.3 is 4.57 Å². The van der Waals surface area contributed by atoms with Crippen LogP contribution in [0.4, 0.5) is 4.39 Å². The monoisotopic (exact) mass is 348 g/mol. The summed E-state index contributed by atoms with van der Waals surface area (Å²) in [6.07, 6.45) is 4.34. The van der Waals surface area contributed by atoms with Gasteiger partial charge in [0.2, 0.25) is 0 Å². The summed E-state index contributed by atoms with van der Waals surface area (Å²) < 4.78 is 15.8. The largest absolute Gasteiger partial charge is 0.350 e. The van der Waals surface area contributed by atoms with Crippen molar-refractivity contribution < 1.29 is 4.39 Å². The second-order valence-electron chi connectivity index (χ2n) is 7.07. The van der Waals surface area contributed by atoms with Gasteiger partial charge in [-0.05, 0) is 53.8 Å². The topological polar surface area (TPSA) is 8.17 Å². The van der Waals surface area contributed by atoms with E-state index in [4.69, 9.17) is 0 Å². The van der Waals surface area contributed by atoms with Gasteiger partial charge in [0.15, 0.2) is 0 Å². The van der Waals surface area contributed by atoms with E-state index >= 15 is 0 Å². The number of fused-ring (bicyclic) bond motifs is 1. The quantitative estimate of drug-likeness (QED) is 0.630. The molecule has 3 heteroatoms. The molecule has 134 valence electrons. The Kier molecular flexibility index (Phi) is 4.89. The number of aromatic nitrogens is 1. The highest BCUT2D eigenvalue weighted by molar-refractivity contribution is 5.31. The zero-order chi connectivity index (χ0) is 17.9. The maximum absolute atomic E-state index is 13.5. The van der Waals surface area contributed by atoms with Crippen LogP contribution < -0.4 is 0 Å². The molecule has 1 unspecified atom stereocenters. The number of aryl methyl sites for hydroxylation is 2. The Morgan fingerprint density at radius 2 is 1.65 bits per heavy atom. The molecule has 0 spiro atoms. The molecule has 0 fully saturated rings. The average molecular weight is 348 g/mol. The van der Waals surface area contributed by atoms with Crippen molar-refractivity contribution in [2.45, 2.75) is 38.9 Å². The van der Waals surface area contributed by atoms with Crippen molar-refractivity contribution in [1.29, 1.82) is 0 Å². The SMILES string of the molecule is CCc1ccc(CN2CCCn3cccc3C2c2ccc(F)cc2)cc1. The second-order valence-corrected chi connectivity index (χ2v) is 7.07. The molecule has 1 atom stereocenters. The average Bonchev–Trinajstić information content (AvgIpc) is 3.05. The van der Waals surface area contributed by atoms with Crippen molar-refractivity contribution in [2.24, 2.45) is 0 Å². The van der Waals surface area contributed by atoms with Gasteiger partial charge in [0.05, 0.1) is 6.04 Å². The summed E-state index contributed by atoms with van der Waals surface area (Å²) in [5, 5.41) is 0. The predicted molar refractivity (Wildman–Crippen MR) is 104 cm³/mol. The molecule has 3 aromatic rings. The van der Waals surface area contributed by atoms with E-state index in [2.05, 4.69) is 59.0 Å². The first-order valence-corrected chi connectivity index (χ1v) is 9.47. The Morgan fingerprint density at radius 1 is 0.923 bits per heavy atom. The van der Waals surface area contributed by atoms with Gasteiger partial charge in [0.1, 0.15) is 5.82 Å². The van der Waals surface area contributed by atoms with Gasteiger partial charge >= 0.3 is 0 Å². The second kappa shape index (κ2) is 7.46. The van der Waals surface area contributed by atoms with Crippen LogP contribution in [0.1, 0.15) is 41.8 Å². The summed E-state index contributed by atoms with van der Waals surface area (Å²) in [6.45, 7) is 5.14. The van der Waals surface area contributed by atoms with Gasteiger partial charge in [-0.25, -0.2) is 4.39 Å². The van der Waals surface area contributed by atoms with Crippen molar-refractivity contribution in [1.82, 2.24) is 9.47 Å². The highest BCUT2D eigenvalue weighted by atomic mass is 19.1. The van der Waals surface area contributed by atoms with E-state index in [1.54, 1.807) is 12.1 Å². The maximum Gasteiger partial charge on any atom is 0.123 e. The van der Waals surface area contributed by atoms with E-state index in [-0.39, 0.29) is 11.9 Å². The molecule has 1 aromatic heterocycles. The number of halogens is 1. The van der Waals surface area contributed by atoms with E-state index in [1.165, 1.54) is 16.8 Å². The molecule has 26 heavy (non-hydrogen) atoms. The fourth-order valence-corrected chi connectivity index (χ4v) is 3.95. The van der Waals surface area contributed by atoms with E-state index in [9.17, 15) is 4.39 Å². The van der Waals surface area contributed by atoms with E-state index in [0.29, 0.717) is 0 Å². The molecule has 0 amide bonds. The van der Waals surface area contributed by atoms with E-state index < -0.39 is 0 Å². The first-order chi connectivity index (χ1) is 12.7. The molecule has 2 aromatic carbocycles. The summed E-state index contributed by atoms with van der Waals surface area (Å²) in [5.41, 5.74) is 5.14. The van der Waals surface area contributed by atoms with E-state index in [1.807, 2.05) is 12.1 Å². The lowest BCUT2D eigenvalue weighted by atomic mass is 10.0. The van der Waals surface area contributed by atoms with Gasteiger partial charge in [0.25, 0.3) is 0 Å². The van der Waals surface area contributed by atoms with Crippen LogP contribution in [0, 0.1) is 5.82 Å².